The lowest BCUT2D eigenvalue weighted by molar-refractivity contribution is -0.124. The molecule has 5 rings (SSSR count). The maximum atomic E-state index is 11.9. The van der Waals surface area contributed by atoms with Crippen LogP contribution in [0.1, 0.15) is 237 Å². The smallest absolute Gasteiger partial charge is 0.407 e. The number of carbonyl (C=O) groups excluding carboxylic acids is 11. The highest BCUT2D eigenvalue weighted by atomic mass is 16.6. The normalized spacial score (nSPS) is 11.1. The monoisotopic (exact) mass is 1740 g/mol. The third kappa shape index (κ3) is 51.1. The largest absolute Gasteiger partial charge is 0.444 e. The molecule has 0 radical (unpaired) electrons. The van der Waals surface area contributed by atoms with E-state index in [1.54, 1.807) is 0 Å². The molecule has 0 aliphatic carbocycles. The maximum Gasteiger partial charge on any atom is 0.407 e. The number of anilines is 1. The molecule has 0 aromatic heterocycles. The van der Waals surface area contributed by atoms with E-state index >= 15 is 0 Å². The molecule has 27 heteroatoms. The summed E-state index contributed by atoms with van der Waals surface area (Å²) in [5.41, 5.74) is 20.9. The van der Waals surface area contributed by atoms with Crippen molar-refractivity contribution in [2.45, 2.75) is 256 Å². The predicted octanol–water partition coefficient (Wildman–Crippen LogP) is 12.0. The Labute approximate surface area is 749 Å². The molecule has 0 saturated carbocycles. The van der Waals surface area contributed by atoms with Crippen molar-refractivity contribution in [3.8, 4) is 0 Å². The molecule has 0 atom stereocenters. The van der Waals surface area contributed by atoms with E-state index in [2.05, 4.69) is 125 Å². The van der Waals surface area contributed by atoms with E-state index in [-0.39, 0.29) is 118 Å². The number of ether oxygens (including phenoxy) is 1. The number of hydrogen-bond donors (Lipinski definition) is 12. The first kappa shape index (κ1) is 113. The SMILES string of the molecule is CC(C)C(=O)NCc1cc(CCN(C)C)cc(CNC(=O)C(C)C)c1.CC(C)C(=O)NCc1cc(CCN)cc(CNC(=O)C(C)C)c1.CC(C)C(=O)NCc1cc(CCNC(=O)OC(C)(C)C)cc(CNC(=O)C(C)C)c1.CC(C)C(=O)NCc1cc(CNC(=O)C(C)C)cc(CN(C)C)c1.CC(C)C(=O)NCc1cc(CNC(=O)C(C)C)cc(N(C)C)c1. The summed E-state index contributed by atoms with van der Waals surface area (Å²) in [6.07, 6.45) is 1.87. The third-order valence-corrected chi connectivity index (χ3v) is 18.8. The highest BCUT2D eigenvalue weighted by molar-refractivity contribution is 5.82. The summed E-state index contributed by atoms with van der Waals surface area (Å²) in [6, 6.07) is 30.8. The molecule has 0 aliphatic heterocycles. The van der Waals surface area contributed by atoms with Gasteiger partial charge in [0.25, 0.3) is 0 Å². The Morgan fingerprint density at radius 2 is 0.464 bits per heavy atom. The molecule has 0 heterocycles. The lowest BCUT2D eigenvalue weighted by Gasteiger charge is -2.19. The maximum absolute atomic E-state index is 11.9. The van der Waals surface area contributed by atoms with Crippen molar-refractivity contribution in [3.05, 3.63) is 169 Å². The van der Waals surface area contributed by atoms with Crippen LogP contribution in [0.4, 0.5) is 10.5 Å². The van der Waals surface area contributed by atoms with E-state index in [0.717, 1.165) is 98.4 Å². The summed E-state index contributed by atoms with van der Waals surface area (Å²) in [5.74, 6) is -0.115. The molecule has 0 saturated heterocycles. The van der Waals surface area contributed by atoms with E-state index in [1.165, 1.54) is 11.1 Å². The van der Waals surface area contributed by atoms with Crippen molar-refractivity contribution in [1.29, 1.82) is 0 Å². The molecule has 0 aliphatic rings. The third-order valence-electron chi connectivity index (χ3n) is 18.8. The summed E-state index contributed by atoms with van der Waals surface area (Å²) >= 11 is 0. The number of alkyl carbamates (subject to hydrolysis) is 1. The summed E-state index contributed by atoms with van der Waals surface area (Å²) in [7, 11) is 12.1. The fourth-order valence-corrected chi connectivity index (χ4v) is 11.3. The van der Waals surface area contributed by atoms with Gasteiger partial charge in [0.15, 0.2) is 0 Å². The van der Waals surface area contributed by atoms with Crippen LogP contribution in [-0.4, -0.2) is 142 Å². The van der Waals surface area contributed by atoms with Crippen LogP contribution in [0, 0.1) is 59.2 Å². The number of amides is 11. The van der Waals surface area contributed by atoms with Gasteiger partial charge in [-0.2, -0.15) is 0 Å². The van der Waals surface area contributed by atoms with Crippen LogP contribution in [0.15, 0.2) is 91.0 Å². The van der Waals surface area contributed by atoms with Crippen LogP contribution < -0.4 is 69.1 Å². The molecule has 27 nitrogen and oxygen atoms in total. The van der Waals surface area contributed by atoms with Crippen molar-refractivity contribution in [2.24, 2.45) is 64.9 Å². The van der Waals surface area contributed by atoms with Crippen molar-refractivity contribution >= 4 is 70.9 Å². The Balaban J connectivity index is 0.000000784. The first-order valence-electron chi connectivity index (χ1n) is 44.3. The van der Waals surface area contributed by atoms with E-state index < -0.39 is 11.7 Å². The van der Waals surface area contributed by atoms with Crippen molar-refractivity contribution in [2.75, 3.05) is 66.8 Å². The Hall–Kier alpha value is -10.3. The highest BCUT2D eigenvalue weighted by Crippen LogP contribution is 2.21. The van der Waals surface area contributed by atoms with Gasteiger partial charge in [-0.05, 0) is 165 Å². The fraction of sp³-hybridized carbons (Fsp3) is 0.582. The minimum atomic E-state index is -0.541. The molecular formula is C98H159N15O12. The molecule has 0 unspecified atom stereocenters. The van der Waals surface area contributed by atoms with Crippen LogP contribution in [0.5, 0.6) is 0 Å². The van der Waals surface area contributed by atoms with E-state index in [1.807, 2.05) is 241 Å². The zero-order valence-corrected chi connectivity index (χ0v) is 81.3. The van der Waals surface area contributed by atoms with Crippen molar-refractivity contribution in [1.82, 2.24) is 68.3 Å². The van der Waals surface area contributed by atoms with Gasteiger partial charge in [0.05, 0.1) is 0 Å². The molecule has 698 valence electrons. The summed E-state index contributed by atoms with van der Waals surface area (Å²) in [4.78, 5) is 136. The van der Waals surface area contributed by atoms with Crippen LogP contribution >= 0.6 is 0 Å². The van der Waals surface area contributed by atoms with E-state index in [0.29, 0.717) is 85.0 Å². The van der Waals surface area contributed by atoms with Gasteiger partial charge >= 0.3 is 6.09 Å². The first-order chi connectivity index (χ1) is 58.3. The Bertz CT molecular complexity index is 3980. The number of nitrogens with two attached hydrogens (primary N) is 1. The zero-order chi connectivity index (χ0) is 95.1. The number of nitrogens with zero attached hydrogens (tertiary/aromatic N) is 3. The topological polar surface area (TPSA) is 365 Å². The van der Waals surface area contributed by atoms with Gasteiger partial charge in [0, 0.05) is 164 Å². The van der Waals surface area contributed by atoms with Crippen LogP contribution in [-0.2, 0) is 144 Å². The highest BCUT2D eigenvalue weighted by Gasteiger charge is 2.20. The molecule has 11 amide bonds. The summed E-state index contributed by atoms with van der Waals surface area (Å²) in [5, 5.41) is 32.1. The number of hydrogen-bond acceptors (Lipinski definition) is 16. The van der Waals surface area contributed by atoms with Crippen LogP contribution in [0.2, 0.25) is 0 Å². The Morgan fingerprint density at radius 1 is 0.272 bits per heavy atom. The lowest BCUT2D eigenvalue weighted by Crippen LogP contribution is -2.33. The van der Waals surface area contributed by atoms with Crippen LogP contribution in [0.3, 0.4) is 0 Å². The zero-order valence-electron chi connectivity index (χ0n) is 81.3. The molecule has 5 aromatic rings. The van der Waals surface area contributed by atoms with E-state index in [4.69, 9.17) is 10.5 Å². The predicted molar refractivity (Wildman–Crippen MR) is 504 cm³/mol. The van der Waals surface area contributed by atoms with Crippen molar-refractivity contribution in [3.63, 3.8) is 0 Å². The summed E-state index contributed by atoms with van der Waals surface area (Å²) in [6.45, 7) is 50.4. The molecule has 125 heavy (non-hydrogen) atoms. The summed E-state index contributed by atoms with van der Waals surface area (Å²) < 4.78 is 5.25. The van der Waals surface area contributed by atoms with Gasteiger partial charge in [0.1, 0.15) is 5.60 Å². The van der Waals surface area contributed by atoms with Gasteiger partial charge in [-0.25, -0.2) is 4.79 Å². The van der Waals surface area contributed by atoms with E-state index in [9.17, 15) is 52.7 Å². The molecule has 0 bridgehead atoms. The standard InChI is InChI=1S/C23H37N3O4.C20H33N3O2.C19H31N3O2.2C18H29N3O2/c1-15(2)20(27)25-13-18-10-17(8-9-24-22(29)30-23(5,6)7)11-19(12-18)14-26-21(28)16(3)4;1-14(2)19(24)21-12-17-9-16(7-8-23(5)6)10-18(11-17)13-22-20(25)15(3)4;1-13(2)18(23)20-10-15-7-16(11-21-19(24)14(3)4)9-17(8-15)12-22(5)6;1-12(2)17(22)19-10-14-7-15(9-16(8-14)21(5)6)11-20-18(23)13(3)4;1-12(2)17(22)20-10-15-7-14(5-6-19)8-16(9-15)11-21-18(23)13(3)4/h10-12,15-16H,8-9,13-14H2,1-7H3,(H,24,29)(H,25,27)(H,26,28);9-11,14-15H,7-8,12-13H2,1-6H3,(H,21,24)(H,22,25);7-9,13-14H,10-12H2,1-6H3,(H,20,23)(H,21,24);7-9,12-13H,10-11H2,1-6H3,(H,19,22)(H,20,23);7-9,12-13H,5-6,10-11,19H2,1-4H3,(H,20,22)(H,21,23). The average Bonchev–Trinajstić information content (AvgIpc) is 0.873. The quantitative estimate of drug-likeness (QED) is 0.0173. The first-order valence-corrected chi connectivity index (χ1v) is 44.3. The number of benzene rings is 5. The van der Waals surface area contributed by atoms with Gasteiger partial charge < -0.3 is 83.7 Å². The van der Waals surface area contributed by atoms with Crippen LogP contribution in [0.25, 0.3) is 0 Å². The number of likely N-dealkylation sites (N-methyl/N-ethyl adjacent to an activating group) is 1. The molecular weight excluding hydrogens is 1580 g/mol. The number of carbonyl (C=O) groups is 11. The van der Waals surface area contributed by atoms with Crippen molar-refractivity contribution < 1.29 is 57.5 Å². The molecule has 0 spiro atoms. The molecule has 5 aromatic carbocycles. The van der Waals surface area contributed by atoms with Gasteiger partial charge in [-0.15, -0.1) is 0 Å². The van der Waals surface area contributed by atoms with Gasteiger partial charge in [-0.3, -0.25) is 47.9 Å². The second kappa shape index (κ2) is 58.9. The minimum absolute atomic E-state index is 0.0124. The van der Waals surface area contributed by atoms with Gasteiger partial charge in [-0.1, -0.05) is 217 Å². The minimum Gasteiger partial charge on any atom is -0.444 e. The second-order valence-electron chi connectivity index (χ2n) is 36.8. The Morgan fingerprint density at radius 3 is 0.648 bits per heavy atom. The average molecular weight is 1740 g/mol. The Kier molecular flexibility index (Phi) is 53.1. The fourth-order valence-electron chi connectivity index (χ4n) is 11.3. The second-order valence-corrected chi connectivity index (χ2v) is 36.8. The number of nitrogens with one attached hydrogen (secondary N) is 11. The van der Waals surface area contributed by atoms with Gasteiger partial charge in [0.2, 0.25) is 59.1 Å². The lowest BCUT2D eigenvalue weighted by atomic mass is 10.0. The molecule has 13 N–H and O–H groups in total. The number of rotatable bonds is 41. The molecule has 0 fully saturated rings.